The number of piperidine rings is 1. The van der Waals surface area contributed by atoms with Crippen molar-refractivity contribution >= 4 is 45.6 Å². The van der Waals surface area contributed by atoms with Crippen molar-refractivity contribution in [1.82, 2.24) is 4.57 Å². The van der Waals surface area contributed by atoms with Crippen molar-refractivity contribution in [3.8, 4) is 0 Å². The van der Waals surface area contributed by atoms with E-state index in [4.69, 9.17) is 0 Å². The third kappa shape index (κ3) is 4.78. The summed E-state index contributed by atoms with van der Waals surface area (Å²) in [5.41, 5.74) is 3.29. The van der Waals surface area contributed by atoms with Crippen LogP contribution in [0.3, 0.4) is 0 Å². The minimum Gasteiger partial charge on any atom is -0.371 e. The Morgan fingerprint density at radius 3 is 2.47 bits per heavy atom. The normalized spacial score (nSPS) is 20.7. The number of benzene rings is 1. The van der Waals surface area contributed by atoms with E-state index in [0.29, 0.717) is 27.9 Å². The van der Waals surface area contributed by atoms with Crippen molar-refractivity contribution in [2.24, 2.45) is 5.41 Å². The van der Waals surface area contributed by atoms with Crippen molar-refractivity contribution in [2.75, 3.05) is 23.3 Å². The van der Waals surface area contributed by atoms with E-state index in [9.17, 15) is 18.4 Å². The molecule has 1 spiro atoms. The molecule has 5 rings (SSSR count). The van der Waals surface area contributed by atoms with Gasteiger partial charge in [-0.3, -0.25) is 14.2 Å². The van der Waals surface area contributed by atoms with E-state index in [1.807, 2.05) is 12.1 Å². The van der Waals surface area contributed by atoms with Gasteiger partial charge in [-0.2, -0.15) is 0 Å². The van der Waals surface area contributed by atoms with Gasteiger partial charge < -0.3 is 10.2 Å². The molecule has 0 bridgehead atoms. The van der Waals surface area contributed by atoms with E-state index >= 15 is 0 Å². The van der Waals surface area contributed by atoms with Crippen LogP contribution in [0, 0.1) is 15.9 Å². The Hall–Kier alpha value is -2.23. The molecule has 5 nitrogen and oxygen atoms in total. The number of carbonyl (C=O) groups is 1. The highest BCUT2D eigenvalue weighted by Crippen LogP contribution is 2.54. The molecule has 0 unspecified atom stereocenters. The Bertz CT molecular complexity index is 1220. The lowest BCUT2D eigenvalue weighted by Crippen LogP contribution is -2.35. The molecule has 1 N–H and O–H groups in total. The molecule has 2 aromatic rings. The summed E-state index contributed by atoms with van der Waals surface area (Å²) in [5.74, 6) is -2.98. The zero-order chi connectivity index (χ0) is 24.1. The fourth-order valence-corrected chi connectivity index (χ4v) is 5.53. The first kappa shape index (κ1) is 23.5. The molecule has 1 aromatic heterocycles. The minimum absolute atomic E-state index is 0.113. The third-order valence-electron chi connectivity index (χ3n) is 7.47. The fraction of sp³-hybridized carbons (Fsp3) is 0.462. The van der Waals surface area contributed by atoms with Gasteiger partial charge in [0.25, 0.3) is 17.4 Å². The van der Waals surface area contributed by atoms with Crippen LogP contribution in [0.15, 0.2) is 41.3 Å². The number of halogens is 3. The van der Waals surface area contributed by atoms with Crippen molar-refractivity contribution < 1.29 is 13.6 Å². The summed E-state index contributed by atoms with van der Waals surface area (Å²) >= 11 is 2.27. The minimum atomic E-state index is -2.73. The molecule has 1 saturated carbocycles. The second-order valence-electron chi connectivity index (χ2n) is 9.95. The maximum Gasteiger partial charge on any atom is 0.257 e. The molecule has 2 aliphatic carbocycles. The van der Waals surface area contributed by atoms with Crippen LogP contribution in [0.4, 0.5) is 20.2 Å². The van der Waals surface area contributed by atoms with E-state index in [-0.39, 0.29) is 30.7 Å². The Morgan fingerprint density at radius 2 is 1.82 bits per heavy atom. The van der Waals surface area contributed by atoms with Crippen molar-refractivity contribution in [1.29, 1.82) is 0 Å². The van der Waals surface area contributed by atoms with Crippen LogP contribution >= 0.6 is 22.6 Å². The number of aromatic nitrogens is 1. The Labute approximate surface area is 211 Å². The lowest BCUT2D eigenvalue weighted by atomic mass is 9.93. The molecule has 1 saturated heterocycles. The molecule has 2 heterocycles. The van der Waals surface area contributed by atoms with E-state index in [2.05, 4.69) is 38.9 Å². The van der Waals surface area contributed by atoms with Crippen molar-refractivity contribution in [3.63, 3.8) is 0 Å². The summed E-state index contributed by atoms with van der Waals surface area (Å²) in [7, 11) is 0. The number of amides is 1. The van der Waals surface area contributed by atoms with Crippen LogP contribution in [0.1, 0.15) is 60.9 Å². The summed E-state index contributed by atoms with van der Waals surface area (Å²) in [6, 6.07) is 7.46. The van der Waals surface area contributed by atoms with Gasteiger partial charge in [0.1, 0.15) is 0 Å². The molecule has 0 radical (unpaired) electrons. The van der Waals surface area contributed by atoms with Crippen LogP contribution < -0.4 is 15.8 Å². The number of pyridine rings is 1. The van der Waals surface area contributed by atoms with Gasteiger partial charge in [0.15, 0.2) is 0 Å². The zero-order valence-corrected chi connectivity index (χ0v) is 21.3. The average molecular weight is 579 g/mol. The van der Waals surface area contributed by atoms with E-state index < -0.39 is 5.92 Å². The summed E-state index contributed by atoms with van der Waals surface area (Å²) in [6.45, 7) is 3.57. The third-order valence-corrected chi connectivity index (χ3v) is 8.14. The number of allylic oxidation sites excluding steroid dienone is 2. The summed E-state index contributed by atoms with van der Waals surface area (Å²) < 4.78 is 29.6. The van der Waals surface area contributed by atoms with Crippen LogP contribution in [-0.4, -0.2) is 29.5 Å². The van der Waals surface area contributed by atoms with Gasteiger partial charge in [0, 0.05) is 47.0 Å². The lowest BCUT2D eigenvalue weighted by molar-refractivity contribution is -0.00662. The van der Waals surface area contributed by atoms with Gasteiger partial charge in [-0.1, -0.05) is 6.08 Å². The van der Waals surface area contributed by atoms with Crippen LogP contribution in [0.25, 0.3) is 5.70 Å². The van der Waals surface area contributed by atoms with E-state index in [1.54, 1.807) is 19.2 Å². The average Bonchev–Trinajstić information content (AvgIpc) is 3.55. The zero-order valence-electron chi connectivity index (χ0n) is 19.2. The highest BCUT2D eigenvalue weighted by molar-refractivity contribution is 14.1. The second-order valence-corrected chi connectivity index (χ2v) is 11.2. The molecule has 1 aromatic carbocycles. The molecule has 0 atom stereocenters. The van der Waals surface area contributed by atoms with Crippen LogP contribution in [-0.2, 0) is 0 Å². The number of alkyl halides is 2. The van der Waals surface area contributed by atoms with Gasteiger partial charge in [0.2, 0.25) is 0 Å². The molecule has 1 aliphatic heterocycles. The fourth-order valence-electron chi connectivity index (χ4n) is 5.06. The van der Waals surface area contributed by atoms with Gasteiger partial charge in [-0.25, -0.2) is 8.78 Å². The Kier molecular flexibility index (Phi) is 6.06. The maximum absolute atomic E-state index is 13.6. The van der Waals surface area contributed by atoms with Crippen molar-refractivity contribution in [2.45, 2.75) is 57.8 Å². The molecule has 8 heteroatoms. The summed E-state index contributed by atoms with van der Waals surface area (Å²) in [6.07, 6.45) is 7.39. The van der Waals surface area contributed by atoms with Crippen LogP contribution in [0.2, 0.25) is 0 Å². The monoisotopic (exact) mass is 579 g/mol. The smallest absolute Gasteiger partial charge is 0.257 e. The number of nitrogens with one attached hydrogen (secondary N) is 1. The molecule has 180 valence electrons. The number of anilines is 2. The predicted octanol–water partition coefficient (Wildman–Crippen LogP) is 6.05. The first-order valence-electron chi connectivity index (χ1n) is 11.8. The van der Waals surface area contributed by atoms with Crippen LogP contribution in [0.5, 0.6) is 0 Å². The highest BCUT2D eigenvalue weighted by atomic mass is 127. The first-order valence-corrected chi connectivity index (χ1v) is 12.9. The van der Waals surface area contributed by atoms with E-state index in [1.165, 1.54) is 23.5 Å². The Balaban J connectivity index is 1.40. The molecule has 3 aliphatic rings. The highest BCUT2D eigenvalue weighted by Gasteiger charge is 2.44. The number of nitrogens with zero attached hydrogens (tertiary/aromatic N) is 2. The molecule has 34 heavy (non-hydrogen) atoms. The molecule has 2 fully saturated rings. The second kappa shape index (κ2) is 8.77. The van der Waals surface area contributed by atoms with Gasteiger partial charge in [-0.05, 0) is 91.3 Å². The van der Waals surface area contributed by atoms with Gasteiger partial charge >= 0.3 is 0 Å². The maximum atomic E-state index is 13.6. The SMILES string of the molecule is Cc1cc(NC(=O)c2ccc(I)cc2N2CCC3(CC2)CC3)cn(C2=CCC(F)(F)CC2)c1=O. The van der Waals surface area contributed by atoms with Gasteiger partial charge in [-0.15, -0.1) is 0 Å². The number of carbonyl (C=O) groups excluding carboxylic acids is 1. The molecular weight excluding hydrogens is 551 g/mol. The van der Waals surface area contributed by atoms with Gasteiger partial charge in [0.05, 0.1) is 16.9 Å². The van der Waals surface area contributed by atoms with Crippen molar-refractivity contribution in [3.05, 3.63) is 61.6 Å². The number of hydrogen-bond acceptors (Lipinski definition) is 3. The predicted molar refractivity (Wildman–Crippen MR) is 139 cm³/mol. The molecule has 1 amide bonds. The first-order chi connectivity index (χ1) is 16.1. The quantitative estimate of drug-likeness (QED) is 0.449. The summed E-state index contributed by atoms with van der Waals surface area (Å²) in [5, 5.41) is 2.95. The molecular formula is C26H28F2IN3O2. The standard InChI is InChI=1S/C26H28F2IN3O2/c1-17-14-19(16-32(24(17)34)20-4-6-26(27,28)7-5-20)30-23(33)21-3-2-18(29)15-22(21)31-12-10-25(8-9-25)11-13-31/h2-4,14-16H,5-13H2,1H3,(H,30,33). The lowest BCUT2D eigenvalue weighted by Gasteiger charge is -2.35. The Morgan fingerprint density at radius 1 is 1.09 bits per heavy atom. The number of rotatable bonds is 4. The topological polar surface area (TPSA) is 54.3 Å². The largest absolute Gasteiger partial charge is 0.371 e. The van der Waals surface area contributed by atoms with E-state index in [0.717, 1.165) is 35.2 Å². The number of hydrogen-bond donors (Lipinski definition) is 1. The number of aryl methyl sites for hydroxylation is 1. The summed E-state index contributed by atoms with van der Waals surface area (Å²) in [4.78, 5) is 28.4.